The van der Waals surface area contributed by atoms with Gasteiger partial charge in [-0.2, -0.15) is 9.94 Å². The summed E-state index contributed by atoms with van der Waals surface area (Å²) in [4.78, 5) is 12.2. The number of aryl methyl sites for hydroxylation is 2. The Morgan fingerprint density at radius 3 is 2.68 bits per heavy atom. The molecule has 1 amide bonds. The molecule has 0 aliphatic carbocycles. The van der Waals surface area contributed by atoms with Crippen molar-refractivity contribution in [2.45, 2.75) is 40.2 Å². The predicted molar refractivity (Wildman–Crippen MR) is 94.1 cm³/mol. The largest absolute Gasteiger partial charge is 0.376 e. The van der Waals surface area contributed by atoms with E-state index < -0.39 is 5.54 Å². The average Bonchev–Trinajstić information content (AvgIpc) is 2.99. The molecule has 0 saturated heterocycles. The highest BCUT2D eigenvalue weighted by Gasteiger charge is 2.29. The van der Waals surface area contributed by atoms with E-state index in [-0.39, 0.29) is 18.4 Å². The van der Waals surface area contributed by atoms with Crippen molar-refractivity contribution >= 4 is 11.6 Å². The van der Waals surface area contributed by atoms with Gasteiger partial charge in [0.25, 0.3) is 0 Å². The number of rotatable bonds is 6. The van der Waals surface area contributed by atoms with Gasteiger partial charge < -0.3 is 10.6 Å². The molecule has 1 unspecified atom stereocenters. The number of hydrogen-bond donors (Lipinski definition) is 2. The van der Waals surface area contributed by atoms with Crippen molar-refractivity contribution in [2.24, 2.45) is 5.92 Å². The van der Waals surface area contributed by atoms with Gasteiger partial charge in [-0.3, -0.25) is 4.79 Å². The lowest BCUT2D eigenvalue weighted by atomic mass is 9.90. The van der Waals surface area contributed by atoms with Gasteiger partial charge in [0.1, 0.15) is 5.54 Å². The van der Waals surface area contributed by atoms with Gasteiger partial charge in [-0.1, -0.05) is 19.9 Å². The van der Waals surface area contributed by atoms with Gasteiger partial charge in [-0.15, -0.1) is 5.10 Å². The third-order valence-electron chi connectivity index (χ3n) is 4.30. The maximum absolute atomic E-state index is 12.2. The predicted octanol–water partition coefficient (Wildman–Crippen LogP) is 1.75. The van der Waals surface area contributed by atoms with Crippen molar-refractivity contribution in [3.63, 3.8) is 0 Å². The van der Waals surface area contributed by atoms with Crippen molar-refractivity contribution in [1.29, 1.82) is 5.26 Å². The van der Waals surface area contributed by atoms with Crippen LogP contribution < -0.4 is 10.6 Å². The first kappa shape index (κ1) is 18.4. The van der Waals surface area contributed by atoms with Gasteiger partial charge in [-0.05, 0) is 54.8 Å². The van der Waals surface area contributed by atoms with E-state index in [1.807, 2.05) is 45.9 Å². The zero-order chi connectivity index (χ0) is 18.6. The van der Waals surface area contributed by atoms with E-state index in [4.69, 9.17) is 0 Å². The number of aromatic nitrogens is 4. The summed E-state index contributed by atoms with van der Waals surface area (Å²) in [6.07, 6.45) is 0. The molecule has 1 atom stereocenters. The van der Waals surface area contributed by atoms with E-state index in [1.54, 1.807) is 11.6 Å². The first-order chi connectivity index (χ1) is 11.8. The standard InChI is InChI=1S/C17H23N7O/c1-11(2)17(5,10-18)20-16(25)9-19-14-7-6-12(3)15(8-14)24-13(4)21-22-23-24/h6-8,11,19H,9H2,1-5H3,(H,20,25). The number of carbonyl (C=O) groups is 1. The van der Waals surface area contributed by atoms with Gasteiger partial charge in [0.05, 0.1) is 18.3 Å². The molecule has 8 nitrogen and oxygen atoms in total. The Bertz CT molecular complexity index is 806. The Morgan fingerprint density at radius 1 is 1.40 bits per heavy atom. The fraction of sp³-hybridized carbons (Fsp3) is 0.471. The van der Waals surface area contributed by atoms with Crippen molar-refractivity contribution in [2.75, 3.05) is 11.9 Å². The van der Waals surface area contributed by atoms with E-state index in [0.717, 1.165) is 16.9 Å². The summed E-state index contributed by atoms with van der Waals surface area (Å²) in [6.45, 7) is 9.38. The molecule has 25 heavy (non-hydrogen) atoms. The molecule has 0 aliphatic heterocycles. The molecule has 2 N–H and O–H groups in total. The minimum atomic E-state index is -0.888. The number of anilines is 1. The number of nitrogens with one attached hydrogen (secondary N) is 2. The number of amides is 1. The minimum absolute atomic E-state index is 0.00946. The fourth-order valence-corrected chi connectivity index (χ4v) is 2.22. The summed E-state index contributed by atoms with van der Waals surface area (Å²) in [5, 5.41) is 26.7. The smallest absolute Gasteiger partial charge is 0.240 e. The molecule has 1 heterocycles. The number of hydrogen-bond acceptors (Lipinski definition) is 6. The van der Waals surface area contributed by atoms with Crippen LogP contribution in [0.4, 0.5) is 5.69 Å². The summed E-state index contributed by atoms with van der Waals surface area (Å²) in [6, 6.07) is 7.87. The molecule has 1 aromatic heterocycles. The molecular weight excluding hydrogens is 318 g/mol. The van der Waals surface area contributed by atoms with Crippen molar-refractivity contribution in [1.82, 2.24) is 25.5 Å². The second-order valence-corrected chi connectivity index (χ2v) is 6.51. The molecule has 0 aliphatic rings. The molecule has 0 fully saturated rings. The minimum Gasteiger partial charge on any atom is -0.376 e. The van der Waals surface area contributed by atoms with E-state index >= 15 is 0 Å². The summed E-state index contributed by atoms with van der Waals surface area (Å²) >= 11 is 0. The molecule has 132 valence electrons. The van der Waals surface area contributed by atoms with Crippen LogP contribution in [0.25, 0.3) is 5.69 Å². The van der Waals surface area contributed by atoms with Crippen molar-refractivity contribution in [3.05, 3.63) is 29.6 Å². The topological polar surface area (TPSA) is 109 Å². The van der Waals surface area contributed by atoms with Crippen LogP contribution in [-0.2, 0) is 4.79 Å². The highest BCUT2D eigenvalue weighted by Crippen LogP contribution is 2.19. The highest BCUT2D eigenvalue weighted by molar-refractivity contribution is 5.82. The monoisotopic (exact) mass is 341 g/mol. The van der Waals surface area contributed by atoms with Crippen LogP contribution in [-0.4, -0.2) is 38.2 Å². The lowest BCUT2D eigenvalue weighted by Crippen LogP contribution is -2.50. The second-order valence-electron chi connectivity index (χ2n) is 6.51. The van der Waals surface area contributed by atoms with Crippen molar-refractivity contribution < 1.29 is 4.79 Å². The van der Waals surface area contributed by atoms with Crippen LogP contribution >= 0.6 is 0 Å². The Kier molecular flexibility index (Phi) is 5.37. The van der Waals surface area contributed by atoms with E-state index in [9.17, 15) is 10.1 Å². The Hall–Kier alpha value is -2.95. The first-order valence-electron chi connectivity index (χ1n) is 8.09. The highest BCUT2D eigenvalue weighted by atomic mass is 16.2. The van der Waals surface area contributed by atoms with Gasteiger partial charge in [0.2, 0.25) is 5.91 Å². The Balaban J connectivity index is 2.08. The van der Waals surface area contributed by atoms with Crippen LogP contribution in [0.2, 0.25) is 0 Å². The van der Waals surface area contributed by atoms with Crippen molar-refractivity contribution in [3.8, 4) is 11.8 Å². The Morgan fingerprint density at radius 2 is 2.12 bits per heavy atom. The first-order valence-corrected chi connectivity index (χ1v) is 8.09. The number of tetrazole rings is 1. The molecule has 1 aromatic carbocycles. The summed E-state index contributed by atoms with van der Waals surface area (Å²) in [5.41, 5.74) is 1.74. The number of nitriles is 1. The average molecular weight is 341 g/mol. The molecule has 0 saturated carbocycles. The molecule has 8 heteroatoms. The molecule has 0 radical (unpaired) electrons. The second kappa shape index (κ2) is 7.30. The maximum atomic E-state index is 12.2. The van der Waals surface area contributed by atoms with Gasteiger partial charge in [0.15, 0.2) is 5.82 Å². The van der Waals surface area contributed by atoms with E-state index in [1.165, 1.54) is 0 Å². The summed E-state index contributed by atoms with van der Waals surface area (Å²) in [5.74, 6) is 0.452. The Labute approximate surface area is 147 Å². The molecular formula is C17H23N7O. The summed E-state index contributed by atoms with van der Waals surface area (Å²) < 4.78 is 1.64. The molecule has 0 bridgehead atoms. The lowest BCUT2D eigenvalue weighted by molar-refractivity contribution is -0.121. The molecule has 2 rings (SSSR count). The normalized spacial score (nSPS) is 13.2. The third kappa shape index (κ3) is 4.12. The van der Waals surface area contributed by atoms with Gasteiger partial charge in [-0.25, -0.2) is 0 Å². The van der Waals surface area contributed by atoms with Crippen LogP contribution in [0, 0.1) is 31.1 Å². The molecule has 2 aromatic rings. The van der Waals surface area contributed by atoms with E-state index in [2.05, 4.69) is 32.2 Å². The zero-order valence-electron chi connectivity index (χ0n) is 15.2. The summed E-state index contributed by atoms with van der Waals surface area (Å²) in [7, 11) is 0. The number of benzene rings is 1. The van der Waals surface area contributed by atoms with Gasteiger partial charge >= 0.3 is 0 Å². The number of nitrogens with zero attached hydrogens (tertiary/aromatic N) is 5. The third-order valence-corrected chi connectivity index (χ3v) is 4.30. The van der Waals surface area contributed by atoms with Crippen LogP contribution in [0.3, 0.4) is 0 Å². The van der Waals surface area contributed by atoms with Crippen LogP contribution in [0.15, 0.2) is 18.2 Å². The fourth-order valence-electron chi connectivity index (χ4n) is 2.22. The SMILES string of the molecule is Cc1ccc(NCC(=O)NC(C)(C#N)C(C)C)cc1-n1nnnc1C. The van der Waals surface area contributed by atoms with Crippen LogP contribution in [0.1, 0.15) is 32.2 Å². The number of carbonyl (C=O) groups excluding carboxylic acids is 1. The maximum Gasteiger partial charge on any atom is 0.240 e. The van der Waals surface area contributed by atoms with Crippen LogP contribution in [0.5, 0.6) is 0 Å². The zero-order valence-corrected chi connectivity index (χ0v) is 15.2. The van der Waals surface area contributed by atoms with E-state index in [0.29, 0.717) is 5.82 Å². The van der Waals surface area contributed by atoms with Gasteiger partial charge in [0, 0.05) is 5.69 Å². The quantitative estimate of drug-likeness (QED) is 0.828. The lowest BCUT2D eigenvalue weighted by Gasteiger charge is -2.27. The molecule has 0 spiro atoms.